The summed E-state index contributed by atoms with van der Waals surface area (Å²) in [4.78, 5) is 4.52. The quantitative estimate of drug-likeness (QED) is 0.400. The number of rotatable bonds is 3. The Morgan fingerprint density at radius 2 is 1.68 bits per heavy atom. The number of alkyl halides is 3. The molecule has 2 aromatic carbocycles. The molecule has 1 aromatic heterocycles. The second-order valence-electron chi connectivity index (χ2n) is 10.7. The molecule has 3 aromatic rings. The molecule has 5 rings (SSSR count). The summed E-state index contributed by atoms with van der Waals surface area (Å²) in [5, 5.41) is 6.49. The molecule has 1 fully saturated rings. The van der Waals surface area contributed by atoms with E-state index < -0.39 is 22.9 Å². The van der Waals surface area contributed by atoms with Crippen LogP contribution in [-0.4, -0.2) is 22.3 Å². The average molecular weight is 529 g/mol. The van der Waals surface area contributed by atoms with Gasteiger partial charge in [0, 0.05) is 5.56 Å². The van der Waals surface area contributed by atoms with Gasteiger partial charge in [-0.15, -0.1) is 0 Å². The van der Waals surface area contributed by atoms with E-state index in [1.165, 1.54) is 6.07 Å². The van der Waals surface area contributed by atoms with E-state index in [0.717, 1.165) is 43.1 Å². The maximum Gasteiger partial charge on any atom is 0.433 e. The summed E-state index contributed by atoms with van der Waals surface area (Å²) < 4.78 is 56.0. The Bertz CT molecular complexity index is 1310. The molecule has 2 aliphatic rings. The highest BCUT2D eigenvalue weighted by Crippen LogP contribution is 2.41. The van der Waals surface area contributed by atoms with Gasteiger partial charge in [-0.3, -0.25) is 4.31 Å². The molecule has 9 heteroatoms. The first-order chi connectivity index (χ1) is 17.5. The van der Waals surface area contributed by atoms with E-state index in [2.05, 4.69) is 36.4 Å². The molecule has 2 aliphatic heterocycles. The first-order valence-corrected chi connectivity index (χ1v) is 13.6. The summed E-state index contributed by atoms with van der Waals surface area (Å²) in [6, 6.07) is 16.0. The van der Waals surface area contributed by atoms with E-state index in [9.17, 15) is 17.4 Å². The lowest BCUT2D eigenvalue weighted by Gasteiger charge is -2.27. The number of fused-ring (bicyclic) bond motifs is 2. The van der Waals surface area contributed by atoms with Crippen molar-refractivity contribution in [2.24, 2.45) is 0 Å². The van der Waals surface area contributed by atoms with E-state index >= 15 is 0 Å². The van der Waals surface area contributed by atoms with Gasteiger partial charge in [-0.05, 0) is 78.7 Å². The summed E-state index contributed by atoms with van der Waals surface area (Å²) in [7, 11) is -1.59. The summed E-state index contributed by atoms with van der Waals surface area (Å²) in [6.45, 7) is 8.39. The fraction of sp³-hybridized carbons (Fsp3) is 0.393. The van der Waals surface area contributed by atoms with Gasteiger partial charge in [-0.2, -0.15) is 13.2 Å². The smallest absolute Gasteiger partial charge is 0.338 e. The van der Waals surface area contributed by atoms with E-state index in [1.54, 1.807) is 4.31 Å². The van der Waals surface area contributed by atoms with Crippen LogP contribution in [0.25, 0.3) is 0 Å². The van der Waals surface area contributed by atoms with Crippen LogP contribution in [0, 0.1) is 0 Å². The molecule has 0 spiro atoms. The Balaban J connectivity index is 1.58. The average Bonchev–Trinajstić information content (AvgIpc) is 3.03. The molecule has 3 heterocycles. The van der Waals surface area contributed by atoms with Crippen molar-refractivity contribution in [3.8, 4) is 0 Å². The second kappa shape index (κ2) is 9.76. The monoisotopic (exact) mass is 528 g/mol. The zero-order valence-electron chi connectivity index (χ0n) is 21.2. The molecule has 1 atom stereocenters. The van der Waals surface area contributed by atoms with Crippen LogP contribution >= 0.6 is 0 Å². The van der Waals surface area contributed by atoms with Crippen molar-refractivity contribution in [2.75, 3.05) is 22.7 Å². The topological polar surface area (TPSA) is 57.3 Å². The molecule has 1 unspecified atom stereocenters. The summed E-state index contributed by atoms with van der Waals surface area (Å²) in [5.41, 5.74) is 3.11. The summed E-state index contributed by atoms with van der Waals surface area (Å²) in [6.07, 6.45) is -2.55. The number of anilines is 3. The SMILES string of the molecule is CC(C)(C)c1ccc(S(=O)N2Cc3ccc(C(F)(F)F)nc3Nc3ccc(C4CCNCC4)cc32)cc1. The lowest BCUT2D eigenvalue weighted by atomic mass is 9.87. The van der Waals surface area contributed by atoms with Gasteiger partial charge in [0.1, 0.15) is 11.5 Å². The maximum atomic E-state index is 14.0. The molecule has 0 amide bonds. The highest BCUT2D eigenvalue weighted by molar-refractivity contribution is 7.86. The van der Waals surface area contributed by atoms with Gasteiger partial charge in [-0.1, -0.05) is 45.0 Å². The van der Waals surface area contributed by atoms with E-state index in [-0.39, 0.29) is 17.8 Å². The lowest BCUT2D eigenvalue weighted by molar-refractivity contribution is -0.141. The molecule has 1 saturated heterocycles. The molecular weight excluding hydrogens is 497 g/mol. The number of nitrogens with one attached hydrogen (secondary N) is 2. The van der Waals surface area contributed by atoms with Crippen molar-refractivity contribution in [3.63, 3.8) is 0 Å². The van der Waals surface area contributed by atoms with E-state index in [4.69, 9.17) is 0 Å². The van der Waals surface area contributed by atoms with Crippen molar-refractivity contribution in [1.82, 2.24) is 10.3 Å². The van der Waals surface area contributed by atoms with Crippen molar-refractivity contribution in [2.45, 2.75) is 62.6 Å². The third-order valence-electron chi connectivity index (χ3n) is 7.06. The number of benzene rings is 2. The first-order valence-electron chi connectivity index (χ1n) is 12.5. The summed E-state index contributed by atoms with van der Waals surface area (Å²) in [5.74, 6) is 0.502. The standard InChI is InChI=1S/C28H31F3N4OS/c1-27(2,3)21-6-8-22(9-7-21)37(36)35-17-20-5-11-25(28(29,30)31)34-26(20)33-23-10-4-19(16-24(23)35)18-12-14-32-15-13-18/h4-11,16,18,32H,12-15,17H2,1-3H3,(H,33,34). The van der Waals surface area contributed by atoms with Gasteiger partial charge in [0.25, 0.3) is 0 Å². The molecule has 5 nitrogen and oxygen atoms in total. The van der Waals surface area contributed by atoms with Crippen molar-refractivity contribution in [1.29, 1.82) is 0 Å². The molecule has 196 valence electrons. The van der Waals surface area contributed by atoms with E-state index in [1.807, 2.05) is 42.5 Å². The van der Waals surface area contributed by atoms with Crippen LogP contribution < -0.4 is 14.9 Å². The number of piperidine rings is 1. The number of nitrogens with zero attached hydrogens (tertiary/aromatic N) is 2. The minimum absolute atomic E-state index is 0.0380. The van der Waals surface area contributed by atoms with Gasteiger partial charge in [0.15, 0.2) is 11.0 Å². The number of halogens is 3. The number of hydrogen-bond donors (Lipinski definition) is 2. The first kappa shape index (κ1) is 25.7. The number of pyridine rings is 1. The minimum atomic E-state index is -4.55. The molecule has 2 N–H and O–H groups in total. The summed E-state index contributed by atoms with van der Waals surface area (Å²) >= 11 is 0. The molecule has 37 heavy (non-hydrogen) atoms. The van der Waals surface area contributed by atoms with E-state index in [0.29, 0.717) is 27.8 Å². The Morgan fingerprint density at radius 1 is 0.973 bits per heavy atom. The third kappa shape index (κ3) is 5.38. The van der Waals surface area contributed by atoms with Gasteiger partial charge < -0.3 is 10.6 Å². The normalized spacial score (nSPS) is 17.4. The largest absolute Gasteiger partial charge is 0.433 e. The number of aromatic nitrogens is 1. The highest BCUT2D eigenvalue weighted by Gasteiger charge is 2.34. The zero-order valence-corrected chi connectivity index (χ0v) is 22.0. The Morgan fingerprint density at radius 3 is 2.32 bits per heavy atom. The van der Waals surface area contributed by atoms with Crippen molar-refractivity contribution >= 4 is 28.2 Å². The molecular formula is C28H31F3N4OS. The predicted molar refractivity (Wildman–Crippen MR) is 142 cm³/mol. The van der Waals surface area contributed by atoms with Gasteiger partial charge in [-0.25, -0.2) is 9.19 Å². The molecule has 0 aliphatic carbocycles. The van der Waals surface area contributed by atoms with Gasteiger partial charge in [0.2, 0.25) is 0 Å². The van der Waals surface area contributed by atoms with Crippen LogP contribution in [0.5, 0.6) is 0 Å². The third-order valence-corrected chi connectivity index (χ3v) is 8.46. The highest BCUT2D eigenvalue weighted by atomic mass is 32.2. The maximum absolute atomic E-state index is 14.0. The van der Waals surface area contributed by atoms with Gasteiger partial charge >= 0.3 is 6.18 Å². The predicted octanol–water partition coefficient (Wildman–Crippen LogP) is 6.65. The lowest BCUT2D eigenvalue weighted by Crippen LogP contribution is -2.27. The van der Waals surface area contributed by atoms with Crippen LogP contribution in [0.15, 0.2) is 59.5 Å². The number of hydrogen-bond acceptors (Lipinski definition) is 4. The fourth-order valence-electron chi connectivity index (χ4n) is 4.87. The Hall–Kier alpha value is -2.91. The van der Waals surface area contributed by atoms with Crippen molar-refractivity contribution < 1.29 is 17.4 Å². The Kier molecular flexibility index (Phi) is 6.79. The van der Waals surface area contributed by atoms with Crippen molar-refractivity contribution in [3.05, 3.63) is 77.0 Å². The minimum Gasteiger partial charge on any atom is -0.338 e. The van der Waals surface area contributed by atoms with Crippen LogP contribution in [0.4, 0.5) is 30.4 Å². The molecule has 0 radical (unpaired) electrons. The fourth-order valence-corrected chi connectivity index (χ4v) is 6.08. The second-order valence-corrected chi connectivity index (χ2v) is 12.1. The van der Waals surface area contributed by atoms with Crippen LogP contribution in [-0.2, 0) is 29.1 Å². The zero-order chi connectivity index (χ0) is 26.4. The molecule has 0 bridgehead atoms. The van der Waals surface area contributed by atoms with Crippen LogP contribution in [0.2, 0.25) is 0 Å². The van der Waals surface area contributed by atoms with Crippen LogP contribution in [0.1, 0.15) is 61.9 Å². The Labute approximate surface area is 218 Å². The molecule has 0 saturated carbocycles. The van der Waals surface area contributed by atoms with Gasteiger partial charge in [0.05, 0.1) is 22.8 Å². The van der Waals surface area contributed by atoms with Crippen LogP contribution in [0.3, 0.4) is 0 Å².